The summed E-state index contributed by atoms with van der Waals surface area (Å²) >= 11 is 0. The number of benzene rings is 2. The molecule has 1 fully saturated rings. The lowest BCUT2D eigenvalue weighted by atomic mass is 10.1. The van der Waals surface area contributed by atoms with Gasteiger partial charge in [-0.25, -0.2) is 0 Å². The molecule has 0 bridgehead atoms. The number of nitro benzene ring substituents is 1. The van der Waals surface area contributed by atoms with Crippen molar-refractivity contribution in [1.82, 2.24) is 0 Å². The summed E-state index contributed by atoms with van der Waals surface area (Å²) < 4.78 is 5.49. The zero-order chi connectivity index (χ0) is 18.5. The highest BCUT2D eigenvalue weighted by atomic mass is 16.6. The molecule has 1 N–H and O–H groups in total. The first kappa shape index (κ1) is 17.7. The van der Waals surface area contributed by atoms with Crippen LogP contribution in [0.15, 0.2) is 42.5 Å². The lowest BCUT2D eigenvalue weighted by Gasteiger charge is -2.18. The Hall–Kier alpha value is -3.09. The number of nitrogens with zero attached hydrogens (tertiary/aromatic N) is 2. The number of amides is 1. The van der Waals surface area contributed by atoms with Crippen molar-refractivity contribution < 1.29 is 14.5 Å². The third-order valence-corrected chi connectivity index (χ3v) is 4.32. The van der Waals surface area contributed by atoms with Crippen LogP contribution in [-0.4, -0.2) is 30.5 Å². The minimum Gasteiger partial charge on any atom is -0.492 e. The molecule has 1 amide bonds. The van der Waals surface area contributed by atoms with E-state index in [1.807, 2.05) is 17.9 Å². The first-order chi connectivity index (χ1) is 12.6. The van der Waals surface area contributed by atoms with Gasteiger partial charge in [0.2, 0.25) is 0 Å². The van der Waals surface area contributed by atoms with E-state index in [4.69, 9.17) is 4.74 Å². The van der Waals surface area contributed by atoms with Gasteiger partial charge in [-0.05, 0) is 44.0 Å². The lowest BCUT2D eigenvalue weighted by Crippen LogP contribution is -2.20. The Kier molecular flexibility index (Phi) is 5.36. The number of ether oxygens (including phenoxy) is 1. The molecule has 1 aliphatic heterocycles. The molecule has 1 saturated heterocycles. The summed E-state index contributed by atoms with van der Waals surface area (Å²) in [5.41, 5.74) is 1.30. The molecule has 0 spiro atoms. The number of hydrogen-bond acceptors (Lipinski definition) is 5. The third kappa shape index (κ3) is 3.77. The van der Waals surface area contributed by atoms with E-state index in [9.17, 15) is 14.9 Å². The zero-order valence-corrected chi connectivity index (χ0v) is 14.6. The molecule has 0 aromatic heterocycles. The van der Waals surface area contributed by atoms with Crippen LogP contribution in [0, 0.1) is 10.1 Å². The van der Waals surface area contributed by atoms with Crippen LogP contribution in [0.5, 0.6) is 5.75 Å². The fraction of sp³-hybridized carbons (Fsp3) is 0.316. The Labute approximate surface area is 151 Å². The van der Waals surface area contributed by atoms with Crippen LogP contribution in [0.2, 0.25) is 0 Å². The van der Waals surface area contributed by atoms with Gasteiger partial charge in [-0.2, -0.15) is 0 Å². The van der Waals surface area contributed by atoms with Crippen LogP contribution in [0.4, 0.5) is 17.1 Å². The van der Waals surface area contributed by atoms with Crippen molar-refractivity contribution in [2.45, 2.75) is 19.8 Å². The lowest BCUT2D eigenvalue weighted by molar-refractivity contribution is -0.384. The summed E-state index contributed by atoms with van der Waals surface area (Å²) in [6, 6.07) is 11.7. The predicted molar refractivity (Wildman–Crippen MR) is 100 cm³/mol. The van der Waals surface area contributed by atoms with Crippen molar-refractivity contribution >= 4 is 23.0 Å². The van der Waals surface area contributed by atoms with E-state index in [2.05, 4.69) is 5.32 Å². The largest absolute Gasteiger partial charge is 0.492 e. The Morgan fingerprint density at radius 1 is 1.23 bits per heavy atom. The molecule has 0 radical (unpaired) electrons. The minimum absolute atomic E-state index is 0.0438. The monoisotopic (exact) mass is 355 g/mol. The molecule has 7 nitrogen and oxygen atoms in total. The average Bonchev–Trinajstić information content (AvgIpc) is 3.17. The number of anilines is 2. The van der Waals surface area contributed by atoms with E-state index in [-0.39, 0.29) is 11.3 Å². The number of hydrogen-bond donors (Lipinski definition) is 1. The zero-order valence-electron chi connectivity index (χ0n) is 14.6. The Balaban J connectivity index is 1.86. The van der Waals surface area contributed by atoms with Crippen molar-refractivity contribution in [3.8, 4) is 5.75 Å². The smallest absolute Gasteiger partial charge is 0.293 e. The van der Waals surface area contributed by atoms with E-state index in [1.165, 1.54) is 6.07 Å². The van der Waals surface area contributed by atoms with Crippen LogP contribution < -0.4 is 15.0 Å². The standard InChI is InChI=1S/C19H21N3O4/c1-2-26-18-8-4-3-7-15(18)20-19(23)14-9-10-16(17(13-14)22(24)25)21-11-5-6-12-21/h3-4,7-10,13H,2,5-6,11-12H2,1H3,(H,20,23). The SMILES string of the molecule is CCOc1ccccc1NC(=O)c1ccc(N2CCCC2)c([N+](=O)[O-])c1. The van der Waals surface area contributed by atoms with Crippen molar-refractivity contribution in [1.29, 1.82) is 0 Å². The molecule has 0 atom stereocenters. The molecular weight excluding hydrogens is 334 g/mol. The number of nitrogens with one attached hydrogen (secondary N) is 1. The number of para-hydroxylation sites is 2. The number of nitro groups is 1. The van der Waals surface area contributed by atoms with Gasteiger partial charge in [0, 0.05) is 24.7 Å². The fourth-order valence-corrected chi connectivity index (χ4v) is 3.08. The van der Waals surface area contributed by atoms with Crippen molar-refractivity contribution in [3.63, 3.8) is 0 Å². The normalized spacial score (nSPS) is 13.5. The number of rotatable bonds is 6. The molecule has 26 heavy (non-hydrogen) atoms. The Bertz CT molecular complexity index is 816. The average molecular weight is 355 g/mol. The second-order valence-electron chi connectivity index (χ2n) is 6.04. The predicted octanol–water partition coefficient (Wildman–Crippen LogP) is 3.85. The summed E-state index contributed by atoms with van der Waals surface area (Å²) in [4.78, 5) is 25.6. The van der Waals surface area contributed by atoms with Crippen LogP contribution in [0.3, 0.4) is 0 Å². The fourth-order valence-electron chi connectivity index (χ4n) is 3.08. The summed E-state index contributed by atoms with van der Waals surface area (Å²) in [5.74, 6) is 0.153. The quantitative estimate of drug-likeness (QED) is 0.628. The molecule has 3 rings (SSSR count). The van der Waals surface area contributed by atoms with Gasteiger partial charge in [0.25, 0.3) is 11.6 Å². The van der Waals surface area contributed by atoms with E-state index in [0.717, 1.165) is 25.9 Å². The molecule has 1 heterocycles. The van der Waals surface area contributed by atoms with Crippen LogP contribution >= 0.6 is 0 Å². The summed E-state index contributed by atoms with van der Waals surface area (Å²) in [6.07, 6.45) is 2.04. The molecule has 2 aromatic carbocycles. The van der Waals surface area contributed by atoms with E-state index in [0.29, 0.717) is 23.7 Å². The Morgan fingerprint density at radius 2 is 1.96 bits per heavy atom. The minimum atomic E-state index is -0.432. The molecule has 0 unspecified atom stereocenters. The molecule has 7 heteroatoms. The summed E-state index contributed by atoms with van der Waals surface area (Å²) in [5, 5.41) is 14.2. The second kappa shape index (κ2) is 7.86. The first-order valence-corrected chi connectivity index (χ1v) is 8.66. The van der Waals surface area contributed by atoms with Crippen LogP contribution in [-0.2, 0) is 0 Å². The maximum Gasteiger partial charge on any atom is 0.293 e. The van der Waals surface area contributed by atoms with Gasteiger partial charge in [-0.3, -0.25) is 14.9 Å². The first-order valence-electron chi connectivity index (χ1n) is 8.66. The topological polar surface area (TPSA) is 84.7 Å². The van der Waals surface area contributed by atoms with Gasteiger partial charge in [-0.15, -0.1) is 0 Å². The Morgan fingerprint density at radius 3 is 2.65 bits per heavy atom. The van der Waals surface area contributed by atoms with E-state index < -0.39 is 10.8 Å². The molecule has 1 aliphatic rings. The molecule has 0 aliphatic carbocycles. The van der Waals surface area contributed by atoms with Gasteiger partial charge in [0.05, 0.1) is 17.2 Å². The van der Waals surface area contributed by atoms with Gasteiger partial charge in [-0.1, -0.05) is 12.1 Å². The maximum absolute atomic E-state index is 12.6. The highest BCUT2D eigenvalue weighted by Crippen LogP contribution is 2.32. The van der Waals surface area contributed by atoms with Gasteiger partial charge in [0.15, 0.2) is 0 Å². The summed E-state index contributed by atoms with van der Waals surface area (Å²) in [6.45, 7) is 3.93. The molecule has 136 valence electrons. The van der Waals surface area contributed by atoms with Crippen molar-refractivity contribution in [2.24, 2.45) is 0 Å². The molecule has 0 saturated carbocycles. The van der Waals surface area contributed by atoms with E-state index in [1.54, 1.807) is 30.3 Å². The number of carbonyl (C=O) groups is 1. The van der Waals surface area contributed by atoms with E-state index >= 15 is 0 Å². The molecular formula is C19H21N3O4. The number of carbonyl (C=O) groups excluding carboxylic acids is 1. The molecule has 2 aromatic rings. The van der Waals surface area contributed by atoms with Gasteiger partial charge >= 0.3 is 0 Å². The third-order valence-electron chi connectivity index (χ3n) is 4.32. The highest BCUT2D eigenvalue weighted by Gasteiger charge is 2.24. The second-order valence-corrected chi connectivity index (χ2v) is 6.04. The van der Waals surface area contributed by atoms with Crippen molar-refractivity contribution in [2.75, 3.05) is 29.9 Å². The highest BCUT2D eigenvalue weighted by molar-refractivity contribution is 6.05. The van der Waals surface area contributed by atoms with Gasteiger partial charge in [0.1, 0.15) is 11.4 Å². The van der Waals surface area contributed by atoms with Crippen LogP contribution in [0.1, 0.15) is 30.1 Å². The van der Waals surface area contributed by atoms with Gasteiger partial charge < -0.3 is 15.0 Å². The van der Waals surface area contributed by atoms with Crippen molar-refractivity contribution in [3.05, 3.63) is 58.1 Å². The summed E-state index contributed by atoms with van der Waals surface area (Å²) in [7, 11) is 0. The maximum atomic E-state index is 12.6. The van der Waals surface area contributed by atoms with Crippen LogP contribution in [0.25, 0.3) is 0 Å².